The summed E-state index contributed by atoms with van der Waals surface area (Å²) in [6, 6.07) is 5.88. The van der Waals surface area contributed by atoms with E-state index in [0.717, 1.165) is 22.8 Å². The fourth-order valence-corrected chi connectivity index (χ4v) is 2.28. The third-order valence-corrected chi connectivity index (χ3v) is 2.98. The topological polar surface area (TPSA) is 64.5 Å². The Morgan fingerprint density at radius 2 is 2.05 bits per heavy atom. The Bertz CT molecular complexity index is 578. The van der Waals surface area contributed by atoms with Gasteiger partial charge in [-0.1, -0.05) is 11.2 Å². The smallest absolute Gasteiger partial charge is 0.167 e. The minimum Gasteiger partial charge on any atom is -0.495 e. The second-order valence-corrected chi connectivity index (χ2v) is 4.71. The molecule has 1 aromatic carbocycles. The van der Waals surface area contributed by atoms with Crippen LogP contribution in [0.15, 0.2) is 22.7 Å². The molecule has 0 saturated carbocycles. The Morgan fingerprint density at radius 3 is 2.63 bits per heavy atom. The van der Waals surface area contributed by atoms with Gasteiger partial charge in [0.15, 0.2) is 11.6 Å². The molecule has 0 saturated heterocycles. The minimum atomic E-state index is 0.399. The zero-order chi connectivity index (χ0) is 14.0. The molecule has 0 aliphatic carbocycles. The zero-order valence-corrected chi connectivity index (χ0v) is 11.7. The highest BCUT2D eigenvalue weighted by molar-refractivity contribution is 5.64. The van der Waals surface area contributed by atoms with E-state index in [2.05, 4.69) is 30.0 Å². The number of rotatable bonds is 4. The summed E-state index contributed by atoms with van der Waals surface area (Å²) in [4.78, 5) is 2.06. The van der Waals surface area contributed by atoms with Gasteiger partial charge in [-0.15, -0.1) is 0 Å². The highest BCUT2D eigenvalue weighted by Crippen LogP contribution is 2.33. The highest BCUT2D eigenvalue weighted by Gasteiger charge is 2.14. The molecule has 2 aromatic rings. The van der Waals surface area contributed by atoms with Crippen LogP contribution < -0.4 is 15.4 Å². The van der Waals surface area contributed by atoms with Crippen molar-refractivity contribution in [3.63, 3.8) is 0 Å². The molecule has 0 unspecified atom stereocenters. The van der Waals surface area contributed by atoms with Gasteiger partial charge >= 0.3 is 0 Å². The lowest BCUT2D eigenvalue weighted by atomic mass is 10.1. The Kier molecular flexibility index (Phi) is 3.64. The fraction of sp³-hybridized carbons (Fsp3) is 0.357. The summed E-state index contributed by atoms with van der Waals surface area (Å²) in [5, 5.41) is 3.69. The van der Waals surface area contributed by atoms with Crippen molar-refractivity contribution in [2.75, 3.05) is 24.8 Å². The molecule has 102 valence electrons. The monoisotopic (exact) mass is 261 g/mol. The van der Waals surface area contributed by atoms with E-state index in [9.17, 15) is 0 Å². The Morgan fingerprint density at radius 1 is 1.32 bits per heavy atom. The number of methoxy groups -OCH3 is 1. The van der Waals surface area contributed by atoms with Crippen LogP contribution in [0.25, 0.3) is 0 Å². The van der Waals surface area contributed by atoms with Gasteiger partial charge < -0.3 is 19.9 Å². The molecule has 2 N–H and O–H groups in total. The lowest BCUT2D eigenvalue weighted by molar-refractivity contribution is 0.383. The molecule has 2 rings (SSSR count). The summed E-state index contributed by atoms with van der Waals surface area (Å²) < 4.78 is 10.6. The summed E-state index contributed by atoms with van der Waals surface area (Å²) in [7, 11) is 3.66. The predicted octanol–water partition coefficient (Wildman–Crippen LogP) is 2.52. The van der Waals surface area contributed by atoms with Crippen LogP contribution in [0.2, 0.25) is 0 Å². The van der Waals surface area contributed by atoms with Crippen LogP contribution in [0, 0.1) is 13.8 Å². The largest absolute Gasteiger partial charge is 0.495 e. The second-order valence-electron chi connectivity index (χ2n) is 4.71. The number of nitrogens with two attached hydrogens (primary N) is 1. The lowest BCUT2D eigenvalue weighted by Gasteiger charge is -2.23. The van der Waals surface area contributed by atoms with E-state index in [1.807, 2.05) is 13.1 Å². The van der Waals surface area contributed by atoms with Crippen LogP contribution in [0.1, 0.15) is 16.9 Å². The summed E-state index contributed by atoms with van der Waals surface area (Å²) in [6.07, 6.45) is 0. The van der Waals surface area contributed by atoms with Crippen LogP contribution in [0.5, 0.6) is 5.75 Å². The molecule has 0 radical (unpaired) electrons. The molecule has 1 heterocycles. The van der Waals surface area contributed by atoms with Gasteiger partial charge in [-0.25, -0.2) is 0 Å². The molecular weight excluding hydrogens is 242 g/mol. The lowest BCUT2D eigenvalue weighted by Crippen LogP contribution is -2.18. The summed E-state index contributed by atoms with van der Waals surface area (Å²) in [6.45, 7) is 4.71. The number of hydrogen-bond donors (Lipinski definition) is 1. The standard InChI is InChI=1S/C14H19N3O2/c1-9-5-10(2)14(12(6-9)18-4)17(3)8-11-7-13(15)16-19-11/h5-7H,8H2,1-4H3,(H2,15,16). The number of aromatic nitrogens is 1. The first kappa shape index (κ1) is 13.3. The summed E-state index contributed by atoms with van der Waals surface area (Å²) in [5.74, 6) is 1.98. The minimum absolute atomic E-state index is 0.399. The van der Waals surface area contributed by atoms with Crippen molar-refractivity contribution in [1.29, 1.82) is 0 Å². The van der Waals surface area contributed by atoms with Gasteiger partial charge in [0, 0.05) is 13.1 Å². The average molecular weight is 261 g/mol. The maximum Gasteiger partial charge on any atom is 0.167 e. The fourth-order valence-electron chi connectivity index (χ4n) is 2.28. The molecule has 0 atom stereocenters. The maximum atomic E-state index is 5.55. The molecule has 1 aromatic heterocycles. The van der Waals surface area contributed by atoms with Crippen LogP contribution in [0.4, 0.5) is 11.5 Å². The molecule has 0 spiro atoms. The molecule has 0 fully saturated rings. The Hall–Kier alpha value is -2.17. The van der Waals surface area contributed by atoms with Gasteiger partial charge in [0.1, 0.15) is 5.75 Å². The normalized spacial score (nSPS) is 10.5. The van der Waals surface area contributed by atoms with E-state index in [0.29, 0.717) is 12.4 Å². The first-order valence-corrected chi connectivity index (χ1v) is 6.08. The molecule has 5 nitrogen and oxygen atoms in total. The van der Waals surface area contributed by atoms with Crippen LogP contribution >= 0.6 is 0 Å². The molecular formula is C14H19N3O2. The van der Waals surface area contributed by atoms with Gasteiger partial charge in [-0.3, -0.25) is 0 Å². The number of nitrogens with zero attached hydrogens (tertiary/aromatic N) is 2. The average Bonchev–Trinajstić information content (AvgIpc) is 2.73. The van der Waals surface area contributed by atoms with E-state index in [1.165, 1.54) is 5.56 Å². The van der Waals surface area contributed by atoms with Gasteiger partial charge in [-0.05, 0) is 31.0 Å². The van der Waals surface area contributed by atoms with E-state index < -0.39 is 0 Å². The predicted molar refractivity (Wildman–Crippen MR) is 75.5 cm³/mol. The summed E-state index contributed by atoms with van der Waals surface area (Å²) in [5.41, 5.74) is 8.93. The first-order chi connectivity index (χ1) is 9.01. The SMILES string of the molecule is COc1cc(C)cc(C)c1N(C)Cc1cc(N)no1. The first-order valence-electron chi connectivity index (χ1n) is 6.08. The van der Waals surface area contributed by atoms with E-state index in [-0.39, 0.29) is 0 Å². The van der Waals surface area contributed by atoms with Crippen molar-refractivity contribution in [1.82, 2.24) is 5.16 Å². The van der Waals surface area contributed by atoms with Crippen molar-refractivity contribution in [3.05, 3.63) is 35.1 Å². The number of hydrogen-bond acceptors (Lipinski definition) is 5. The molecule has 0 aliphatic rings. The van der Waals surface area contributed by atoms with Gasteiger partial charge in [0.05, 0.1) is 19.3 Å². The number of benzene rings is 1. The van der Waals surface area contributed by atoms with Crippen molar-refractivity contribution in [2.45, 2.75) is 20.4 Å². The number of nitrogen functional groups attached to an aromatic ring is 1. The van der Waals surface area contributed by atoms with E-state index in [1.54, 1.807) is 13.2 Å². The number of anilines is 2. The molecule has 19 heavy (non-hydrogen) atoms. The maximum absolute atomic E-state index is 5.55. The van der Waals surface area contributed by atoms with Gasteiger partial charge in [0.25, 0.3) is 0 Å². The van der Waals surface area contributed by atoms with Crippen LogP contribution in [-0.2, 0) is 6.54 Å². The summed E-state index contributed by atoms with van der Waals surface area (Å²) >= 11 is 0. The molecule has 0 aliphatic heterocycles. The van der Waals surface area contributed by atoms with Gasteiger partial charge in [0.2, 0.25) is 0 Å². The van der Waals surface area contributed by atoms with Crippen LogP contribution in [0.3, 0.4) is 0 Å². The third kappa shape index (κ3) is 2.81. The van der Waals surface area contributed by atoms with Crippen molar-refractivity contribution < 1.29 is 9.26 Å². The molecule has 5 heteroatoms. The number of ether oxygens (including phenoxy) is 1. The molecule has 0 amide bonds. The van der Waals surface area contributed by atoms with Crippen molar-refractivity contribution in [3.8, 4) is 5.75 Å². The van der Waals surface area contributed by atoms with Crippen LogP contribution in [-0.4, -0.2) is 19.3 Å². The Balaban J connectivity index is 2.30. The molecule has 0 bridgehead atoms. The second kappa shape index (κ2) is 5.22. The zero-order valence-electron chi connectivity index (χ0n) is 11.7. The highest BCUT2D eigenvalue weighted by atomic mass is 16.5. The number of aryl methyl sites for hydroxylation is 2. The third-order valence-electron chi connectivity index (χ3n) is 2.98. The van der Waals surface area contributed by atoms with Crippen molar-refractivity contribution >= 4 is 11.5 Å². The van der Waals surface area contributed by atoms with E-state index >= 15 is 0 Å². The quantitative estimate of drug-likeness (QED) is 0.916. The Labute approximate surface area is 112 Å². The van der Waals surface area contributed by atoms with Crippen molar-refractivity contribution in [2.24, 2.45) is 0 Å². The van der Waals surface area contributed by atoms with Gasteiger partial charge in [-0.2, -0.15) is 0 Å². The van der Waals surface area contributed by atoms with E-state index in [4.69, 9.17) is 15.0 Å².